The van der Waals surface area contributed by atoms with Gasteiger partial charge in [0.25, 0.3) is 0 Å². The quantitative estimate of drug-likeness (QED) is 0.250. The summed E-state index contributed by atoms with van der Waals surface area (Å²) in [5.41, 5.74) is 1.05. The Morgan fingerprint density at radius 1 is 1.22 bits per heavy atom. The van der Waals surface area contributed by atoms with E-state index in [1.165, 1.54) is 7.11 Å². The maximum absolute atomic E-state index is 12.0. The summed E-state index contributed by atoms with van der Waals surface area (Å²) in [6.45, 7) is 6.27. The van der Waals surface area contributed by atoms with E-state index >= 15 is 0 Å². The van der Waals surface area contributed by atoms with Crippen molar-refractivity contribution in [2.75, 3.05) is 32.3 Å². The van der Waals surface area contributed by atoms with Gasteiger partial charge >= 0.3 is 16.4 Å². The van der Waals surface area contributed by atoms with Gasteiger partial charge in [-0.2, -0.15) is 8.42 Å². The van der Waals surface area contributed by atoms with Gasteiger partial charge in [-0.25, -0.2) is 4.18 Å². The first-order valence-electron chi connectivity index (χ1n) is 12.0. The molecular weight excluding hydrogens is 512 g/mol. The average molecular weight is 550 g/mol. The number of hydrogen-bond donors (Lipinski definition) is 1. The van der Waals surface area contributed by atoms with E-state index in [0.717, 1.165) is 23.5 Å². The van der Waals surface area contributed by atoms with Crippen LogP contribution < -0.4 is 4.74 Å². The molecule has 3 unspecified atom stereocenters. The number of benzene rings is 1. The largest absolute Gasteiger partial charge is 0.497 e. The highest BCUT2D eigenvalue weighted by Gasteiger charge is 2.51. The lowest BCUT2D eigenvalue weighted by Gasteiger charge is -2.36. The van der Waals surface area contributed by atoms with Crippen LogP contribution >= 0.6 is 0 Å². The van der Waals surface area contributed by atoms with Crippen molar-refractivity contribution < 1.29 is 45.6 Å². The fourth-order valence-electron chi connectivity index (χ4n) is 4.71. The van der Waals surface area contributed by atoms with Crippen LogP contribution in [0.4, 0.5) is 0 Å². The molecule has 0 bridgehead atoms. The number of ether oxygens (including phenoxy) is 5. The molecule has 8 atom stereocenters. The summed E-state index contributed by atoms with van der Waals surface area (Å²) in [5.74, 6) is 1.17. The highest BCUT2D eigenvalue weighted by molar-refractivity contribution is 7.97. The Morgan fingerprint density at radius 3 is 2.50 bits per heavy atom. The van der Waals surface area contributed by atoms with Crippen molar-refractivity contribution in [3.8, 4) is 5.75 Å². The van der Waals surface area contributed by atoms with Gasteiger partial charge in [0.15, 0.2) is 6.29 Å². The summed E-state index contributed by atoms with van der Waals surface area (Å²) in [7, 11) is -1.98. The molecule has 10 nitrogen and oxygen atoms in total. The molecule has 1 aromatic rings. The molecule has 0 spiro atoms. The number of hydrogen-bond acceptors (Lipinski definition) is 9. The van der Waals surface area contributed by atoms with Gasteiger partial charge in [-0.05, 0) is 41.9 Å². The van der Waals surface area contributed by atoms with E-state index in [-0.39, 0.29) is 23.6 Å². The van der Waals surface area contributed by atoms with E-state index in [9.17, 15) is 17.8 Å². The zero-order valence-electron chi connectivity index (χ0n) is 21.3. The number of carbonyl (C=O) groups is 1. The highest BCUT2D eigenvalue weighted by Crippen LogP contribution is 2.36. The molecule has 0 amide bonds. The molecule has 0 radical (unpaired) electrons. The Labute approximate surface area is 216 Å². The molecule has 3 rings (SSSR count). The lowest BCUT2D eigenvalue weighted by atomic mass is 10.0. The first-order chi connectivity index (χ1) is 17.1. The first-order valence-corrected chi connectivity index (χ1v) is 15.0. The predicted octanol–water partition coefficient (Wildman–Crippen LogP) is 2.37. The minimum absolute atomic E-state index is 0.0333. The molecule has 2 fully saturated rings. The number of carbonyl (C=O) groups excluding carboxylic acids is 1. The molecule has 0 aromatic heterocycles. The van der Waals surface area contributed by atoms with E-state index in [1.54, 1.807) is 14.0 Å². The fourth-order valence-corrected chi connectivity index (χ4v) is 8.63. The van der Waals surface area contributed by atoms with Crippen LogP contribution in [0.5, 0.6) is 5.75 Å². The van der Waals surface area contributed by atoms with E-state index in [1.807, 2.05) is 24.3 Å². The second kappa shape index (κ2) is 12.9. The van der Waals surface area contributed by atoms with E-state index in [2.05, 4.69) is 13.8 Å². The molecule has 2 aliphatic heterocycles. The average Bonchev–Trinajstić information content (AvgIpc) is 3.15. The highest BCUT2D eigenvalue weighted by atomic mass is 32.3. The molecule has 204 valence electrons. The third-order valence-corrected chi connectivity index (χ3v) is 10.4. The maximum Gasteiger partial charge on any atom is 0.397 e. The van der Waals surface area contributed by atoms with Crippen molar-refractivity contribution in [1.82, 2.24) is 0 Å². The molecule has 2 aliphatic rings. The Morgan fingerprint density at radius 2 is 1.92 bits per heavy atom. The van der Waals surface area contributed by atoms with Crippen LogP contribution in [0.2, 0.25) is 0 Å². The number of rotatable bonds is 11. The Hall–Kier alpha value is -1.41. The Balaban J connectivity index is 1.69. The smallest absolute Gasteiger partial charge is 0.397 e. The van der Waals surface area contributed by atoms with Crippen LogP contribution in [0.15, 0.2) is 24.3 Å². The van der Waals surface area contributed by atoms with E-state index in [0.29, 0.717) is 23.5 Å². The van der Waals surface area contributed by atoms with Crippen LogP contribution in [0.3, 0.4) is 0 Å². The van der Waals surface area contributed by atoms with Crippen molar-refractivity contribution in [2.45, 2.75) is 63.7 Å². The normalized spacial score (nSPS) is 31.7. The molecule has 0 aliphatic carbocycles. The van der Waals surface area contributed by atoms with Gasteiger partial charge in [0, 0.05) is 5.92 Å². The summed E-state index contributed by atoms with van der Waals surface area (Å²) < 4.78 is 65.0. The van der Waals surface area contributed by atoms with Gasteiger partial charge in [-0.15, -0.1) is 0 Å². The Bertz CT molecular complexity index is 954. The molecule has 2 heterocycles. The standard InChI is InChI=1S/C24H36O10S2/c1-6-22-15(2)20(31-11-17-7-9-18(29-4)10-8-17)13-35(22)14-21-19(34-36(26,27)28)12-32-24(33-21)16(3)23(25)30-5/h7-10,15-16,19-22,24H,6,11-14H2,1-5H3/p+1/t15-,16?,19-,20+,21+,22+,24?,35?/m0/s1. The summed E-state index contributed by atoms with van der Waals surface area (Å²) in [4.78, 5) is 12.0. The third kappa shape index (κ3) is 7.56. The SMILES string of the molecule is CC[C@@H]1[C@@H](C)[C@H](OCc2ccc(OC)cc2)C[S+]1C[C@H]1OC(C(C)C(=O)OC)OC[C@@H]1OS(=O)(=O)O. The zero-order chi connectivity index (χ0) is 26.5. The monoisotopic (exact) mass is 549 g/mol. The molecule has 0 saturated carbocycles. The molecule has 1 N–H and O–H groups in total. The molecule has 36 heavy (non-hydrogen) atoms. The molecule has 1 aromatic carbocycles. The van der Waals surface area contributed by atoms with Gasteiger partial charge in [0.2, 0.25) is 0 Å². The van der Waals surface area contributed by atoms with Crippen molar-refractivity contribution in [1.29, 1.82) is 0 Å². The van der Waals surface area contributed by atoms with Crippen LogP contribution in [0.1, 0.15) is 32.8 Å². The van der Waals surface area contributed by atoms with Gasteiger partial charge in [0.1, 0.15) is 46.7 Å². The number of methoxy groups -OCH3 is 2. The van der Waals surface area contributed by atoms with Crippen LogP contribution in [0, 0.1) is 11.8 Å². The van der Waals surface area contributed by atoms with Crippen molar-refractivity contribution >= 4 is 27.3 Å². The third-order valence-electron chi connectivity index (χ3n) is 6.76. The maximum atomic E-state index is 12.0. The van der Waals surface area contributed by atoms with Gasteiger partial charge in [-0.3, -0.25) is 9.35 Å². The zero-order valence-corrected chi connectivity index (χ0v) is 23.0. The fraction of sp³-hybridized carbons (Fsp3) is 0.708. The first kappa shape index (κ1) is 29.2. The Kier molecular flexibility index (Phi) is 10.4. The second-order valence-corrected chi connectivity index (χ2v) is 12.5. The minimum Gasteiger partial charge on any atom is -0.497 e. The van der Waals surface area contributed by atoms with Crippen LogP contribution in [-0.4, -0.2) is 81.1 Å². The van der Waals surface area contributed by atoms with Gasteiger partial charge in [0.05, 0.1) is 27.4 Å². The molecule has 2 saturated heterocycles. The topological polar surface area (TPSA) is 127 Å². The minimum atomic E-state index is -4.72. The summed E-state index contributed by atoms with van der Waals surface area (Å²) in [6, 6.07) is 7.76. The van der Waals surface area contributed by atoms with Crippen molar-refractivity contribution in [3.63, 3.8) is 0 Å². The van der Waals surface area contributed by atoms with E-state index in [4.69, 9.17) is 27.9 Å². The molecule has 12 heteroatoms. The van der Waals surface area contributed by atoms with Crippen molar-refractivity contribution in [3.05, 3.63) is 29.8 Å². The van der Waals surface area contributed by atoms with Crippen molar-refractivity contribution in [2.24, 2.45) is 11.8 Å². The lowest BCUT2D eigenvalue weighted by molar-refractivity contribution is -0.258. The van der Waals surface area contributed by atoms with Crippen LogP contribution in [0.25, 0.3) is 0 Å². The second-order valence-electron chi connectivity index (χ2n) is 9.12. The van der Waals surface area contributed by atoms with Gasteiger partial charge < -0.3 is 23.7 Å². The van der Waals surface area contributed by atoms with E-state index < -0.39 is 40.8 Å². The lowest BCUT2D eigenvalue weighted by Crippen LogP contribution is -2.52. The predicted molar refractivity (Wildman–Crippen MR) is 134 cm³/mol. The van der Waals surface area contributed by atoms with Gasteiger partial charge in [-0.1, -0.05) is 26.0 Å². The van der Waals surface area contributed by atoms with Crippen LogP contribution in [-0.2, 0) is 55.8 Å². The number of esters is 1. The summed E-state index contributed by atoms with van der Waals surface area (Å²) in [6.07, 6.45) is -1.66. The molecular formula is C24H37O10S2+. The summed E-state index contributed by atoms with van der Waals surface area (Å²) >= 11 is 0. The summed E-state index contributed by atoms with van der Waals surface area (Å²) in [5, 5.41) is 0.347.